The summed E-state index contributed by atoms with van der Waals surface area (Å²) < 4.78 is 6.91. The first kappa shape index (κ1) is 19.2. The van der Waals surface area contributed by atoms with E-state index in [0.29, 0.717) is 6.42 Å². The zero-order chi connectivity index (χ0) is 18.1. The summed E-state index contributed by atoms with van der Waals surface area (Å²) in [5.74, 6) is 0.913. The molecule has 0 radical (unpaired) electrons. The molecule has 2 nitrogen and oxygen atoms in total. The standard InChI is InChI=1S/C21H29BrO2/c1-7-10-24-18-12-16-15(11-17(18)22)19(20(2,3)4)14(8-9-23)13-21(16,5)6/h9,11-12H,7-8,10,13H2,1-6H3. The van der Waals surface area contributed by atoms with E-state index in [9.17, 15) is 4.79 Å². The summed E-state index contributed by atoms with van der Waals surface area (Å²) in [7, 11) is 0. The Labute approximate surface area is 154 Å². The average Bonchev–Trinajstić information content (AvgIpc) is 2.43. The Morgan fingerprint density at radius 3 is 2.50 bits per heavy atom. The van der Waals surface area contributed by atoms with Gasteiger partial charge in [-0.3, -0.25) is 0 Å². The second-order valence-corrected chi connectivity index (χ2v) is 9.19. The summed E-state index contributed by atoms with van der Waals surface area (Å²) in [5, 5.41) is 0. The molecule has 1 aliphatic rings. The quantitative estimate of drug-likeness (QED) is 0.548. The highest BCUT2D eigenvalue weighted by atomic mass is 79.9. The minimum absolute atomic E-state index is 0.00513. The van der Waals surface area contributed by atoms with Crippen LogP contribution in [-0.4, -0.2) is 12.9 Å². The molecule has 1 aromatic carbocycles. The van der Waals surface area contributed by atoms with Gasteiger partial charge in [-0.2, -0.15) is 0 Å². The van der Waals surface area contributed by atoms with Crippen LogP contribution in [0.3, 0.4) is 0 Å². The van der Waals surface area contributed by atoms with Crippen molar-refractivity contribution in [1.29, 1.82) is 0 Å². The first-order chi connectivity index (χ1) is 11.1. The van der Waals surface area contributed by atoms with Gasteiger partial charge in [0.1, 0.15) is 12.0 Å². The maximum Gasteiger partial charge on any atom is 0.133 e. The van der Waals surface area contributed by atoms with E-state index < -0.39 is 0 Å². The van der Waals surface area contributed by atoms with Gasteiger partial charge in [0.2, 0.25) is 0 Å². The number of hydrogen-bond acceptors (Lipinski definition) is 2. The number of halogens is 1. The number of ether oxygens (including phenoxy) is 1. The van der Waals surface area contributed by atoms with Crippen LogP contribution < -0.4 is 4.74 Å². The Kier molecular flexibility index (Phi) is 5.64. The van der Waals surface area contributed by atoms with Crippen molar-refractivity contribution in [2.75, 3.05) is 6.61 Å². The minimum atomic E-state index is -0.00650. The predicted molar refractivity (Wildman–Crippen MR) is 105 cm³/mol. The van der Waals surface area contributed by atoms with Gasteiger partial charge in [-0.25, -0.2) is 0 Å². The summed E-state index contributed by atoms with van der Waals surface area (Å²) in [5.41, 5.74) is 5.14. The number of carbonyl (C=O) groups excluding carboxylic acids is 1. The molecule has 0 saturated heterocycles. The number of aldehydes is 1. The monoisotopic (exact) mass is 392 g/mol. The SMILES string of the molecule is CCCOc1cc2c(cc1Br)C(C(C)(C)C)=C(CC=O)CC2(C)C. The molecule has 0 heterocycles. The van der Waals surface area contributed by atoms with Gasteiger partial charge in [0, 0.05) is 6.42 Å². The molecule has 132 valence electrons. The van der Waals surface area contributed by atoms with Gasteiger partial charge in [0.05, 0.1) is 11.1 Å². The van der Waals surface area contributed by atoms with Crippen molar-refractivity contribution < 1.29 is 9.53 Å². The zero-order valence-corrected chi connectivity index (χ0v) is 17.3. The number of hydrogen-bond donors (Lipinski definition) is 0. The molecule has 0 unspecified atom stereocenters. The molecule has 0 aliphatic heterocycles. The molecule has 3 heteroatoms. The summed E-state index contributed by atoms with van der Waals surface area (Å²) in [6.45, 7) is 14.0. The Morgan fingerprint density at radius 1 is 1.29 bits per heavy atom. The van der Waals surface area contributed by atoms with E-state index >= 15 is 0 Å². The van der Waals surface area contributed by atoms with Crippen LogP contribution in [0, 0.1) is 5.41 Å². The normalized spacial score (nSPS) is 16.8. The fourth-order valence-corrected chi connectivity index (χ4v) is 4.22. The van der Waals surface area contributed by atoms with Crippen LogP contribution in [0.1, 0.15) is 71.9 Å². The van der Waals surface area contributed by atoms with Gasteiger partial charge in [0.15, 0.2) is 0 Å². The lowest BCUT2D eigenvalue weighted by atomic mass is 9.64. The van der Waals surface area contributed by atoms with Crippen LogP contribution in [0.15, 0.2) is 22.2 Å². The van der Waals surface area contributed by atoms with E-state index in [1.54, 1.807) is 0 Å². The Hall–Kier alpha value is -1.09. The fourth-order valence-electron chi connectivity index (χ4n) is 3.76. The van der Waals surface area contributed by atoms with Crippen molar-refractivity contribution in [3.8, 4) is 5.75 Å². The molecule has 0 fully saturated rings. The second-order valence-electron chi connectivity index (χ2n) is 8.34. The number of benzene rings is 1. The number of fused-ring (bicyclic) bond motifs is 1. The van der Waals surface area contributed by atoms with Gasteiger partial charge in [-0.15, -0.1) is 0 Å². The average molecular weight is 393 g/mol. The fraction of sp³-hybridized carbons (Fsp3) is 0.571. The molecular weight excluding hydrogens is 364 g/mol. The molecule has 0 saturated carbocycles. The third-order valence-corrected chi connectivity index (χ3v) is 5.24. The highest BCUT2D eigenvalue weighted by Gasteiger charge is 2.37. The third kappa shape index (κ3) is 3.77. The van der Waals surface area contributed by atoms with E-state index in [1.165, 1.54) is 22.3 Å². The predicted octanol–water partition coefficient (Wildman–Crippen LogP) is 6.31. The maximum absolute atomic E-state index is 11.2. The van der Waals surface area contributed by atoms with E-state index in [2.05, 4.69) is 69.6 Å². The topological polar surface area (TPSA) is 26.3 Å². The van der Waals surface area contributed by atoms with E-state index in [1.807, 2.05) is 0 Å². The Bertz CT molecular complexity index is 663. The van der Waals surface area contributed by atoms with E-state index in [0.717, 1.165) is 36.0 Å². The maximum atomic E-state index is 11.2. The van der Waals surface area contributed by atoms with Gasteiger partial charge in [-0.05, 0) is 68.4 Å². The molecule has 0 spiro atoms. The lowest BCUT2D eigenvalue weighted by molar-refractivity contribution is -0.107. The van der Waals surface area contributed by atoms with Gasteiger partial charge in [-0.1, -0.05) is 47.1 Å². The summed E-state index contributed by atoms with van der Waals surface area (Å²) >= 11 is 3.68. The molecule has 2 rings (SSSR count). The minimum Gasteiger partial charge on any atom is -0.492 e. The summed E-state index contributed by atoms with van der Waals surface area (Å²) in [6.07, 6.45) is 3.46. The van der Waals surface area contributed by atoms with Crippen molar-refractivity contribution in [1.82, 2.24) is 0 Å². The highest BCUT2D eigenvalue weighted by molar-refractivity contribution is 9.10. The molecular formula is C21H29BrO2. The van der Waals surface area contributed by atoms with Crippen molar-refractivity contribution in [2.24, 2.45) is 5.41 Å². The smallest absolute Gasteiger partial charge is 0.133 e. The lowest BCUT2D eigenvalue weighted by Crippen LogP contribution is -2.28. The van der Waals surface area contributed by atoms with Crippen molar-refractivity contribution in [2.45, 2.75) is 66.2 Å². The van der Waals surface area contributed by atoms with Crippen molar-refractivity contribution >= 4 is 27.8 Å². The van der Waals surface area contributed by atoms with Gasteiger partial charge in [0.25, 0.3) is 0 Å². The number of allylic oxidation sites excluding steroid dienone is 2. The molecule has 0 aromatic heterocycles. The molecule has 0 atom stereocenters. The van der Waals surface area contributed by atoms with Crippen molar-refractivity contribution in [3.63, 3.8) is 0 Å². The van der Waals surface area contributed by atoms with Crippen LogP contribution >= 0.6 is 15.9 Å². The Balaban J connectivity index is 2.70. The zero-order valence-electron chi connectivity index (χ0n) is 15.8. The molecule has 1 aromatic rings. The first-order valence-corrected chi connectivity index (χ1v) is 9.54. The molecule has 24 heavy (non-hydrogen) atoms. The molecule has 0 bridgehead atoms. The first-order valence-electron chi connectivity index (χ1n) is 8.75. The number of rotatable bonds is 5. The van der Waals surface area contributed by atoms with Gasteiger partial charge >= 0.3 is 0 Å². The van der Waals surface area contributed by atoms with Crippen LogP contribution in [-0.2, 0) is 10.2 Å². The van der Waals surface area contributed by atoms with Crippen LogP contribution in [0.5, 0.6) is 5.75 Å². The highest BCUT2D eigenvalue weighted by Crippen LogP contribution is 2.51. The van der Waals surface area contributed by atoms with E-state index in [-0.39, 0.29) is 10.8 Å². The van der Waals surface area contributed by atoms with Crippen LogP contribution in [0.4, 0.5) is 0 Å². The molecule has 0 amide bonds. The second kappa shape index (κ2) is 7.03. The Morgan fingerprint density at radius 2 is 1.96 bits per heavy atom. The summed E-state index contributed by atoms with van der Waals surface area (Å²) in [6, 6.07) is 4.38. The van der Waals surface area contributed by atoms with E-state index in [4.69, 9.17) is 4.74 Å². The van der Waals surface area contributed by atoms with Crippen molar-refractivity contribution in [3.05, 3.63) is 33.3 Å². The van der Waals surface area contributed by atoms with Crippen LogP contribution in [0.2, 0.25) is 0 Å². The lowest BCUT2D eigenvalue weighted by Gasteiger charge is -2.40. The molecule has 0 N–H and O–H groups in total. The van der Waals surface area contributed by atoms with Gasteiger partial charge < -0.3 is 9.53 Å². The number of carbonyl (C=O) groups is 1. The third-order valence-electron chi connectivity index (χ3n) is 4.62. The van der Waals surface area contributed by atoms with Crippen LogP contribution in [0.25, 0.3) is 5.57 Å². The molecule has 1 aliphatic carbocycles. The largest absolute Gasteiger partial charge is 0.492 e. The summed E-state index contributed by atoms with van der Waals surface area (Å²) in [4.78, 5) is 11.2.